The van der Waals surface area contributed by atoms with Crippen LogP contribution in [0, 0.1) is 6.92 Å². The van der Waals surface area contributed by atoms with Crippen molar-refractivity contribution in [1.29, 1.82) is 0 Å². The number of methoxy groups -OCH3 is 1. The van der Waals surface area contributed by atoms with E-state index in [1.165, 1.54) is 0 Å². The number of carbonyl (C=O) groups excluding carboxylic acids is 2. The summed E-state index contributed by atoms with van der Waals surface area (Å²) in [5.74, 6) is 0.635. The van der Waals surface area contributed by atoms with E-state index in [0.717, 1.165) is 22.0 Å². The van der Waals surface area contributed by atoms with Crippen molar-refractivity contribution in [3.05, 3.63) is 52.0 Å². The number of hydrogen-bond donors (Lipinski definition) is 1. The van der Waals surface area contributed by atoms with Gasteiger partial charge < -0.3 is 15.0 Å². The number of benzene rings is 1. The van der Waals surface area contributed by atoms with Crippen LogP contribution >= 0.6 is 11.3 Å². The number of ether oxygens (including phenoxy) is 1. The fraction of sp³-hybridized carbons (Fsp3) is 0.409. The molecule has 1 N–H and O–H groups in total. The Balaban J connectivity index is 1.61. The van der Waals surface area contributed by atoms with Crippen molar-refractivity contribution in [1.82, 2.24) is 20.1 Å². The molecule has 7 nitrogen and oxygen atoms in total. The average Bonchev–Trinajstić information content (AvgIpc) is 3.15. The second-order valence-electron chi connectivity index (χ2n) is 7.26. The van der Waals surface area contributed by atoms with Gasteiger partial charge >= 0.3 is 0 Å². The van der Waals surface area contributed by atoms with Gasteiger partial charge in [-0.15, -0.1) is 11.3 Å². The van der Waals surface area contributed by atoms with Crippen LogP contribution in [0.15, 0.2) is 35.7 Å². The van der Waals surface area contributed by atoms with Crippen LogP contribution in [0.1, 0.15) is 22.7 Å². The van der Waals surface area contributed by atoms with Crippen LogP contribution in [-0.4, -0.2) is 66.4 Å². The first-order valence-corrected chi connectivity index (χ1v) is 10.8. The Labute approximate surface area is 181 Å². The topological polar surface area (TPSA) is 74.8 Å². The van der Waals surface area contributed by atoms with E-state index in [2.05, 4.69) is 10.3 Å². The van der Waals surface area contributed by atoms with Gasteiger partial charge in [-0.2, -0.15) is 0 Å². The molecule has 2 heterocycles. The van der Waals surface area contributed by atoms with Crippen molar-refractivity contribution in [2.24, 2.45) is 0 Å². The Hall–Kier alpha value is -2.71. The lowest BCUT2D eigenvalue weighted by atomic mass is 10.1. The van der Waals surface area contributed by atoms with Crippen LogP contribution in [0.4, 0.5) is 0 Å². The lowest BCUT2D eigenvalue weighted by Gasteiger charge is -2.34. The van der Waals surface area contributed by atoms with E-state index in [1.807, 2.05) is 53.6 Å². The van der Waals surface area contributed by atoms with Gasteiger partial charge in [0.1, 0.15) is 5.75 Å². The van der Waals surface area contributed by atoms with Gasteiger partial charge in [-0.1, -0.05) is 30.4 Å². The zero-order valence-corrected chi connectivity index (χ0v) is 18.4. The summed E-state index contributed by atoms with van der Waals surface area (Å²) in [5.41, 5.74) is 1.85. The molecule has 3 rings (SSSR count). The fourth-order valence-corrected chi connectivity index (χ4v) is 4.06. The SMILES string of the molecule is COc1ccccc1C=CCN1CCNC(=O)C1CC(=O)N(C)Cc1csc(C)n1. The summed E-state index contributed by atoms with van der Waals surface area (Å²) < 4.78 is 5.37. The molecule has 0 bridgehead atoms. The molecule has 1 atom stereocenters. The molecule has 1 saturated heterocycles. The van der Waals surface area contributed by atoms with E-state index in [4.69, 9.17) is 4.74 Å². The summed E-state index contributed by atoms with van der Waals surface area (Å²) in [7, 11) is 3.40. The lowest BCUT2D eigenvalue weighted by molar-refractivity contribution is -0.138. The highest BCUT2D eigenvalue weighted by Gasteiger charge is 2.31. The minimum absolute atomic E-state index is 0.0681. The van der Waals surface area contributed by atoms with Gasteiger partial charge in [-0.05, 0) is 13.0 Å². The summed E-state index contributed by atoms with van der Waals surface area (Å²) in [6.45, 7) is 4.26. The molecular formula is C22H28N4O3S. The van der Waals surface area contributed by atoms with Crippen LogP contribution < -0.4 is 10.1 Å². The van der Waals surface area contributed by atoms with Gasteiger partial charge in [0.2, 0.25) is 11.8 Å². The maximum Gasteiger partial charge on any atom is 0.237 e. The van der Waals surface area contributed by atoms with E-state index in [0.29, 0.717) is 26.2 Å². The average molecular weight is 429 g/mol. The van der Waals surface area contributed by atoms with E-state index >= 15 is 0 Å². The third-order valence-electron chi connectivity index (χ3n) is 5.08. The molecule has 0 saturated carbocycles. The molecule has 1 aliphatic rings. The molecule has 1 aromatic carbocycles. The highest BCUT2D eigenvalue weighted by molar-refractivity contribution is 7.09. The van der Waals surface area contributed by atoms with E-state index in [-0.39, 0.29) is 18.2 Å². The highest BCUT2D eigenvalue weighted by Crippen LogP contribution is 2.19. The Kier molecular flexibility index (Phi) is 7.59. The van der Waals surface area contributed by atoms with Crippen LogP contribution in [0.2, 0.25) is 0 Å². The number of para-hydroxylation sites is 1. The molecule has 0 spiro atoms. The Morgan fingerprint density at radius 3 is 2.97 bits per heavy atom. The number of aryl methyl sites for hydroxylation is 1. The predicted molar refractivity (Wildman–Crippen MR) is 118 cm³/mol. The molecule has 2 aromatic rings. The summed E-state index contributed by atoms with van der Waals surface area (Å²) in [6.07, 6.45) is 4.14. The van der Waals surface area contributed by atoms with Crippen molar-refractivity contribution < 1.29 is 14.3 Å². The predicted octanol–water partition coefficient (Wildman–Crippen LogP) is 2.32. The minimum Gasteiger partial charge on any atom is -0.496 e. The Bertz CT molecular complexity index is 911. The van der Waals surface area contributed by atoms with Crippen molar-refractivity contribution in [3.63, 3.8) is 0 Å². The van der Waals surface area contributed by atoms with Crippen molar-refractivity contribution in [2.45, 2.75) is 25.9 Å². The molecule has 1 aliphatic heterocycles. The zero-order chi connectivity index (χ0) is 21.5. The van der Waals surface area contributed by atoms with Gasteiger partial charge in [0.05, 0.1) is 36.8 Å². The van der Waals surface area contributed by atoms with Gasteiger partial charge in [0.15, 0.2) is 0 Å². The quantitative estimate of drug-likeness (QED) is 0.699. The standard InChI is InChI=1S/C22H28N4O3S/c1-16-24-18(15-30-16)14-25(2)21(27)13-19-22(28)23-10-12-26(19)11-6-8-17-7-4-5-9-20(17)29-3/h4-9,15,19H,10-14H2,1-3H3,(H,23,28). The molecule has 0 radical (unpaired) electrons. The second kappa shape index (κ2) is 10.4. The molecule has 160 valence electrons. The Morgan fingerprint density at radius 1 is 1.43 bits per heavy atom. The highest BCUT2D eigenvalue weighted by atomic mass is 32.1. The molecule has 1 fully saturated rings. The number of aromatic nitrogens is 1. The van der Waals surface area contributed by atoms with Crippen LogP contribution in [-0.2, 0) is 16.1 Å². The number of thiazole rings is 1. The lowest BCUT2D eigenvalue weighted by Crippen LogP contribution is -2.56. The maximum absolute atomic E-state index is 12.8. The summed E-state index contributed by atoms with van der Waals surface area (Å²) in [5, 5.41) is 5.82. The Morgan fingerprint density at radius 2 is 2.23 bits per heavy atom. The zero-order valence-electron chi connectivity index (χ0n) is 17.6. The first-order valence-electron chi connectivity index (χ1n) is 9.94. The minimum atomic E-state index is -0.479. The second-order valence-corrected chi connectivity index (χ2v) is 8.32. The fourth-order valence-electron chi connectivity index (χ4n) is 3.45. The number of hydrogen-bond acceptors (Lipinski definition) is 6. The van der Waals surface area contributed by atoms with Crippen LogP contribution in [0.5, 0.6) is 5.75 Å². The number of nitrogens with one attached hydrogen (secondary N) is 1. The summed E-state index contributed by atoms with van der Waals surface area (Å²) in [6, 6.07) is 7.30. The molecule has 0 aliphatic carbocycles. The first-order chi connectivity index (χ1) is 14.5. The molecule has 2 amide bonds. The molecular weight excluding hydrogens is 400 g/mol. The number of amides is 2. The molecule has 1 unspecified atom stereocenters. The van der Waals surface area contributed by atoms with Crippen LogP contribution in [0.3, 0.4) is 0 Å². The van der Waals surface area contributed by atoms with E-state index in [1.54, 1.807) is 30.4 Å². The van der Waals surface area contributed by atoms with Crippen molar-refractivity contribution in [3.8, 4) is 5.75 Å². The normalized spacial score (nSPS) is 17.2. The molecule has 8 heteroatoms. The van der Waals surface area contributed by atoms with Gasteiger partial charge in [-0.3, -0.25) is 14.5 Å². The number of piperazine rings is 1. The third-order valence-corrected chi connectivity index (χ3v) is 5.90. The largest absolute Gasteiger partial charge is 0.496 e. The number of rotatable bonds is 8. The van der Waals surface area contributed by atoms with Gasteiger partial charge in [0.25, 0.3) is 0 Å². The van der Waals surface area contributed by atoms with E-state index < -0.39 is 6.04 Å². The van der Waals surface area contributed by atoms with Crippen molar-refractivity contribution in [2.75, 3.05) is 33.8 Å². The third kappa shape index (κ3) is 5.67. The first kappa shape index (κ1) is 22.0. The number of carbonyl (C=O) groups is 2. The van der Waals surface area contributed by atoms with Crippen molar-refractivity contribution >= 4 is 29.2 Å². The van der Waals surface area contributed by atoms with Gasteiger partial charge in [-0.25, -0.2) is 4.98 Å². The summed E-state index contributed by atoms with van der Waals surface area (Å²) in [4.78, 5) is 33.3. The van der Waals surface area contributed by atoms with E-state index in [9.17, 15) is 9.59 Å². The van der Waals surface area contributed by atoms with Gasteiger partial charge in [0, 0.05) is 37.6 Å². The number of nitrogens with zero attached hydrogens (tertiary/aromatic N) is 3. The smallest absolute Gasteiger partial charge is 0.237 e. The maximum atomic E-state index is 12.8. The summed E-state index contributed by atoms with van der Waals surface area (Å²) >= 11 is 1.57. The van der Waals surface area contributed by atoms with Crippen LogP contribution in [0.25, 0.3) is 6.08 Å². The molecule has 1 aromatic heterocycles. The monoisotopic (exact) mass is 428 g/mol. The molecule has 30 heavy (non-hydrogen) atoms.